The van der Waals surface area contributed by atoms with Gasteiger partial charge < -0.3 is 19.6 Å². The summed E-state index contributed by atoms with van der Waals surface area (Å²) in [7, 11) is 1.41. The van der Waals surface area contributed by atoms with Crippen LogP contribution in [0.4, 0.5) is 5.69 Å². The first-order chi connectivity index (χ1) is 9.86. The van der Waals surface area contributed by atoms with Crippen molar-refractivity contribution in [2.24, 2.45) is 0 Å². The minimum absolute atomic E-state index is 0.0386. The molecular formula is C14H16N2O5. The zero-order valence-corrected chi connectivity index (χ0v) is 11.8. The molecule has 1 aromatic carbocycles. The van der Waals surface area contributed by atoms with E-state index in [4.69, 9.17) is 9.84 Å². The maximum Gasteiger partial charge on any atom is 0.331 e. The normalized spacial score (nSPS) is 13.4. The second-order valence-electron chi connectivity index (χ2n) is 4.94. The molecule has 0 unspecified atom stereocenters. The molecular weight excluding hydrogens is 276 g/mol. The van der Waals surface area contributed by atoms with E-state index in [2.05, 4.69) is 0 Å². The number of anilines is 1. The third kappa shape index (κ3) is 3.50. The summed E-state index contributed by atoms with van der Waals surface area (Å²) in [5.41, 5.74) is 1.63. The maximum atomic E-state index is 12.0. The van der Waals surface area contributed by atoms with Crippen molar-refractivity contribution in [3.63, 3.8) is 0 Å². The van der Waals surface area contributed by atoms with Crippen LogP contribution in [0.15, 0.2) is 18.2 Å². The van der Waals surface area contributed by atoms with Crippen LogP contribution in [-0.2, 0) is 14.4 Å². The Kier molecular flexibility index (Phi) is 4.11. The molecule has 7 heteroatoms. The maximum absolute atomic E-state index is 12.0. The molecule has 112 valence electrons. The Balaban J connectivity index is 2.17. The van der Waals surface area contributed by atoms with Crippen LogP contribution >= 0.6 is 0 Å². The van der Waals surface area contributed by atoms with Gasteiger partial charge in [0.05, 0.1) is 12.2 Å². The summed E-state index contributed by atoms with van der Waals surface area (Å²) < 4.78 is 5.12. The first-order valence-electron chi connectivity index (χ1n) is 6.39. The van der Waals surface area contributed by atoms with Gasteiger partial charge in [-0.05, 0) is 24.6 Å². The van der Waals surface area contributed by atoms with E-state index in [1.54, 1.807) is 11.0 Å². The summed E-state index contributed by atoms with van der Waals surface area (Å²) in [5.74, 6) is -1.50. The lowest BCUT2D eigenvalue weighted by molar-refractivity contribution is -0.143. The molecule has 1 aliphatic heterocycles. The van der Waals surface area contributed by atoms with Gasteiger partial charge in [0, 0.05) is 7.05 Å². The fraction of sp³-hybridized carbons (Fsp3) is 0.357. The topological polar surface area (TPSA) is 87.2 Å². The minimum atomic E-state index is -1.08. The number of benzene rings is 1. The van der Waals surface area contributed by atoms with Crippen LogP contribution in [0.3, 0.4) is 0 Å². The van der Waals surface area contributed by atoms with Crippen molar-refractivity contribution in [2.45, 2.75) is 6.92 Å². The Hall–Kier alpha value is -2.57. The number of hydrogen-bond acceptors (Lipinski definition) is 5. The minimum Gasteiger partial charge on any atom is -0.480 e. The molecule has 1 N–H and O–H groups in total. The lowest BCUT2D eigenvalue weighted by Crippen LogP contribution is -2.45. The molecule has 0 aliphatic carbocycles. The van der Waals surface area contributed by atoms with Gasteiger partial charge in [0.25, 0.3) is 0 Å². The van der Waals surface area contributed by atoms with E-state index in [0.717, 1.165) is 10.5 Å². The molecule has 0 spiro atoms. The zero-order valence-electron chi connectivity index (χ0n) is 11.8. The monoisotopic (exact) mass is 292 g/mol. The summed E-state index contributed by atoms with van der Waals surface area (Å²) in [6.07, 6.45) is 0. The van der Waals surface area contributed by atoms with Crippen molar-refractivity contribution in [3.8, 4) is 5.75 Å². The summed E-state index contributed by atoms with van der Waals surface area (Å²) in [6, 6.07) is 5.32. The smallest absolute Gasteiger partial charge is 0.331 e. The third-order valence-electron chi connectivity index (χ3n) is 3.12. The number of esters is 1. The first-order valence-corrected chi connectivity index (χ1v) is 6.39. The summed E-state index contributed by atoms with van der Waals surface area (Å²) in [4.78, 5) is 36.9. The molecule has 0 atom stereocenters. The van der Waals surface area contributed by atoms with E-state index in [-0.39, 0.29) is 25.5 Å². The van der Waals surface area contributed by atoms with E-state index in [9.17, 15) is 14.4 Å². The van der Waals surface area contributed by atoms with E-state index in [0.29, 0.717) is 11.4 Å². The molecule has 21 heavy (non-hydrogen) atoms. The van der Waals surface area contributed by atoms with Gasteiger partial charge in [-0.3, -0.25) is 9.59 Å². The van der Waals surface area contributed by atoms with E-state index in [1.807, 2.05) is 19.1 Å². The molecule has 1 amide bonds. The van der Waals surface area contributed by atoms with Crippen molar-refractivity contribution in [2.75, 3.05) is 31.6 Å². The van der Waals surface area contributed by atoms with Crippen LogP contribution in [0, 0.1) is 6.92 Å². The van der Waals surface area contributed by atoms with Gasteiger partial charge in [0.1, 0.15) is 13.1 Å². The Labute approximate surface area is 121 Å². The van der Waals surface area contributed by atoms with E-state index in [1.165, 1.54) is 7.05 Å². The van der Waals surface area contributed by atoms with Crippen molar-refractivity contribution < 1.29 is 24.2 Å². The predicted octanol–water partition coefficient (Wildman–Crippen LogP) is 0.263. The largest absolute Gasteiger partial charge is 0.480 e. The average Bonchev–Trinajstić information content (AvgIpc) is 2.38. The molecule has 0 saturated carbocycles. The molecule has 1 heterocycles. The SMILES string of the molecule is Cc1ccc2c(c1)N(CC(=O)N(C)CC(=O)O)CC(=O)O2. The number of hydrogen-bond donors (Lipinski definition) is 1. The van der Waals surface area contributed by atoms with Crippen molar-refractivity contribution >= 4 is 23.5 Å². The molecule has 2 rings (SSSR count). The van der Waals surface area contributed by atoms with Gasteiger partial charge in [0.2, 0.25) is 5.91 Å². The number of aryl methyl sites for hydroxylation is 1. The second kappa shape index (κ2) is 5.82. The lowest BCUT2D eigenvalue weighted by Gasteiger charge is -2.30. The molecule has 0 fully saturated rings. The highest BCUT2D eigenvalue weighted by molar-refractivity contribution is 5.90. The highest BCUT2D eigenvalue weighted by Gasteiger charge is 2.26. The average molecular weight is 292 g/mol. The quantitative estimate of drug-likeness (QED) is 0.633. The van der Waals surface area contributed by atoms with Crippen molar-refractivity contribution in [3.05, 3.63) is 23.8 Å². The Morgan fingerprint density at radius 3 is 2.81 bits per heavy atom. The summed E-state index contributed by atoms with van der Waals surface area (Å²) in [6.45, 7) is 1.41. The van der Waals surface area contributed by atoms with Crippen LogP contribution in [0.25, 0.3) is 0 Å². The lowest BCUT2D eigenvalue weighted by atomic mass is 10.1. The second-order valence-corrected chi connectivity index (χ2v) is 4.94. The van der Waals surface area contributed by atoms with Crippen molar-refractivity contribution in [1.82, 2.24) is 4.90 Å². The zero-order chi connectivity index (χ0) is 15.6. The fourth-order valence-corrected chi connectivity index (χ4v) is 2.07. The van der Waals surface area contributed by atoms with Gasteiger partial charge in [-0.2, -0.15) is 0 Å². The van der Waals surface area contributed by atoms with Gasteiger partial charge in [-0.1, -0.05) is 6.07 Å². The Morgan fingerprint density at radius 2 is 2.14 bits per heavy atom. The van der Waals surface area contributed by atoms with Crippen LogP contribution < -0.4 is 9.64 Å². The number of fused-ring (bicyclic) bond motifs is 1. The number of ether oxygens (including phenoxy) is 1. The number of rotatable bonds is 4. The first kappa shape index (κ1) is 14.8. The standard InChI is InChI=1S/C14H16N2O5/c1-9-3-4-11-10(5-9)16(8-14(20)21-11)6-12(17)15(2)7-13(18)19/h3-5H,6-8H2,1-2H3,(H,18,19). The van der Waals surface area contributed by atoms with Gasteiger partial charge in [0.15, 0.2) is 5.75 Å². The third-order valence-corrected chi connectivity index (χ3v) is 3.12. The van der Waals surface area contributed by atoms with E-state index < -0.39 is 11.9 Å². The van der Waals surface area contributed by atoms with Crippen LogP contribution in [0.1, 0.15) is 5.56 Å². The van der Waals surface area contributed by atoms with Crippen molar-refractivity contribution in [1.29, 1.82) is 0 Å². The summed E-state index contributed by atoms with van der Waals surface area (Å²) in [5, 5.41) is 8.69. The molecule has 1 aliphatic rings. The van der Waals surface area contributed by atoms with Crippen LogP contribution in [0.2, 0.25) is 0 Å². The Bertz CT molecular complexity index is 599. The number of aliphatic carboxylic acids is 1. The molecule has 0 aromatic heterocycles. The highest BCUT2D eigenvalue weighted by Crippen LogP contribution is 2.32. The summed E-state index contributed by atoms with van der Waals surface area (Å²) >= 11 is 0. The number of amides is 1. The number of nitrogens with zero attached hydrogens (tertiary/aromatic N) is 2. The number of carbonyl (C=O) groups excluding carboxylic acids is 2. The molecule has 0 radical (unpaired) electrons. The molecule has 7 nitrogen and oxygen atoms in total. The predicted molar refractivity (Wildman–Crippen MR) is 74.3 cm³/mol. The van der Waals surface area contributed by atoms with Crippen LogP contribution in [0.5, 0.6) is 5.75 Å². The fourth-order valence-electron chi connectivity index (χ4n) is 2.07. The van der Waals surface area contributed by atoms with Gasteiger partial charge in [-0.15, -0.1) is 0 Å². The molecule has 0 saturated heterocycles. The number of likely N-dealkylation sites (N-methyl/N-ethyl adjacent to an activating group) is 1. The highest BCUT2D eigenvalue weighted by atomic mass is 16.5. The molecule has 1 aromatic rings. The Morgan fingerprint density at radius 1 is 1.43 bits per heavy atom. The van der Waals surface area contributed by atoms with Gasteiger partial charge in [-0.25, -0.2) is 4.79 Å². The van der Waals surface area contributed by atoms with Crippen LogP contribution in [-0.4, -0.2) is 54.5 Å². The number of carboxylic acid groups (broad SMARTS) is 1. The van der Waals surface area contributed by atoms with E-state index >= 15 is 0 Å². The molecule has 0 bridgehead atoms. The number of carbonyl (C=O) groups is 3. The number of carboxylic acids is 1. The van der Waals surface area contributed by atoms with Gasteiger partial charge >= 0.3 is 11.9 Å².